The van der Waals surface area contributed by atoms with Gasteiger partial charge in [0.15, 0.2) is 0 Å². The Bertz CT molecular complexity index is 664. The summed E-state index contributed by atoms with van der Waals surface area (Å²) in [6.07, 6.45) is 0. The molecule has 0 aromatic heterocycles. The van der Waals surface area contributed by atoms with Gasteiger partial charge in [0.1, 0.15) is 5.75 Å². The van der Waals surface area contributed by atoms with Crippen molar-refractivity contribution in [3.8, 4) is 5.75 Å². The predicted octanol–water partition coefficient (Wildman–Crippen LogP) is 3.41. The third-order valence-electron chi connectivity index (χ3n) is 5.17. The van der Waals surface area contributed by atoms with Gasteiger partial charge in [0, 0.05) is 25.6 Å². The Balaban J connectivity index is 1.88. The topological polar surface area (TPSA) is 41.9 Å². The molecule has 0 saturated carbocycles. The minimum absolute atomic E-state index is 0.0280. The van der Waals surface area contributed by atoms with Gasteiger partial charge in [-0.15, -0.1) is 0 Å². The second-order valence-corrected chi connectivity index (χ2v) is 6.98. The van der Waals surface area contributed by atoms with Gasteiger partial charge in [-0.05, 0) is 37.1 Å². The number of hydrogen-bond acceptors (Lipinski definition) is 4. The maximum Gasteiger partial charge on any atom is 0.119 e. The molecule has 4 heteroatoms. The summed E-state index contributed by atoms with van der Waals surface area (Å²) < 4.78 is 11.0. The fourth-order valence-electron chi connectivity index (χ4n) is 3.59. The van der Waals surface area contributed by atoms with Crippen LogP contribution in [0.15, 0.2) is 54.6 Å². The van der Waals surface area contributed by atoms with Crippen LogP contribution in [0.25, 0.3) is 0 Å². The van der Waals surface area contributed by atoms with E-state index < -0.39 is 5.60 Å². The summed E-state index contributed by atoms with van der Waals surface area (Å²) in [5.41, 5.74) is 1.07. The lowest BCUT2D eigenvalue weighted by Gasteiger charge is -2.38. The van der Waals surface area contributed by atoms with Crippen LogP contribution >= 0.6 is 0 Å². The van der Waals surface area contributed by atoms with Crippen molar-refractivity contribution in [1.29, 1.82) is 0 Å². The summed E-state index contributed by atoms with van der Waals surface area (Å²) in [4.78, 5) is 2.38. The van der Waals surface area contributed by atoms with Gasteiger partial charge in [-0.25, -0.2) is 0 Å². The first-order valence-electron chi connectivity index (χ1n) is 9.42. The van der Waals surface area contributed by atoms with Crippen molar-refractivity contribution in [2.75, 3.05) is 39.5 Å². The van der Waals surface area contributed by atoms with Crippen molar-refractivity contribution in [2.24, 2.45) is 0 Å². The first-order valence-corrected chi connectivity index (χ1v) is 9.42. The van der Waals surface area contributed by atoms with E-state index >= 15 is 0 Å². The summed E-state index contributed by atoms with van der Waals surface area (Å²) in [6.45, 7) is 8.65. The van der Waals surface area contributed by atoms with E-state index in [1.165, 1.54) is 0 Å². The molecule has 1 saturated heterocycles. The number of nitrogens with zero attached hydrogens (tertiary/aromatic N) is 1. The molecule has 1 N–H and O–H groups in total. The standard InChI is InChI=1S/C22H29NO3/c1-3-26-20-11-9-19(10-12-20)22(2,24)21(18-7-5-4-6-8-18)17-23-13-15-25-16-14-23/h4-12,21,24H,3,13-17H2,1-2H3/t21-,22-/m1/s1. The number of morpholine rings is 1. The zero-order chi connectivity index (χ0) is 18.4. The normalized spacial score (nSPS) is 18.9. The summed E-state index contributed by atoms with van der Waals surface area (Å²) in [7, 11) is 0. The van der Waals surface area contributed by atoms with Crippen LogP contribution < -0.4 is 4.74 Å². The van der Waals surface area contributed by atoms with Gasteiger partial charge in [-0.1, -0.05) is 42.5 Å². The average Bonchev–Trinajstić information content (AvgIpc) is 2.68. The van der Waals surface area contributed by atoms with Gasteiger partial charge in [-0.3, -0.25) is 4.90 Å². The molecule has 2 aromatic rings. The lowest BCUT2D eigenvalue weighted by atomic mass is 9.78. The molecule has 140 valence electrons. The number of aliphatic hydroxyl groups is 1. The molecule has 0 radical (unpaired) electrons. The van der Waals surface area contributed by atoms with Gasteiger partial charge >= 0.3 is 0 Å². The molecule has 0 unspecified atom stereocenters. The largest absolute Gasteiger partial charge is 0.494 e. The third kappa shape index (κ3) is 4.44. The van der Waals surface area contributed by atoms with Crippen LogP contribution in [-0.2, 0) is 10.3 Å². The SMILES string of the molecule is CCOc1ccc([C@@](C)(O)[C@H](CN2CCOCC2)c2ccccc2)cc1. The van der Waals surface area contributed by atoms with E-state index in [4.69, 9.17) is 9.47 Å². The quantitative estimate of drug-likeness (QED) is 0.826. The van der Waals surface area contributed by atoms with Gasteiger partial charge in [0.2, 0.25) is 0 Å². The number of ether oxygens (including phenoxy) is 2. The van der Waals surface area contributed by atoms with Gasteiger partial charge in [-0.2, -0.15) is 0 Å². The second-order valence-electron chi connectivity index (χ2n) is 6.98. The molecular weight excluding hydrogens is 326 g/mol. The Hall–Kier alpha value is -1.88. The first kappa shape index (κ1) is 18.9. The molecule has 2 atom stereocenters. The molecule has 1 aliphatic rings. The molecule has 0 aliphatic carbocycles. The van der Waals surface area contributed by atoms with Crippen LogP contribution in [0, 0.1) is 0 Å². The third-order valence-corrected chi connectivity index (χ3v) is 5.17. The Morgan fingerprint density at radius 2 is 1.73 bits per heavy atom. The van der Waals surface area contributed by atoms with Crippen LogP contribution in [0.4, 0.5) is 0 Å². The Morgan fingerprint density at radius 3 is 2.35 bits per heavy atom. The van der Waals surface area contributed by atoms with E-state index in [9.17, 15) is 5.11 Å². The van der Waals surface area contributed by atoms with Crippen LogP contribution in [0.3, 0.4) is 0 Å². The molecule has 26 heavy (non-hydrogen) atoms. The first-order chi connectivity index (χ1) is 12.6. The molecule has 3 rings (SSSR count). The second kappa shape index (κ2) is 8.67. The van der Waals surface area contributed by atoms with Crippen LogP contribution in [0.2, 0.25) is 0 Å². The number of benzene rings is 2. The van der Waals surface area contributed by atoms with E-state index in [-0.39, 0.29) is 5.92 Å². The number of hydrogen-bond donors (Lipinski definition) is 1. The summed E-state index contributed by atoms with van der Waals surface area (Å²) in [6, 6.07) is 18.1. The molecule has 1 aliphatic heterocycles. The molecule has 0 amide bonds. The zero-order valence-corrected chi connectivity index (χ0v) is 15.7. The molecule has 1 fully saturated rings. The summed E-state index contributed by atoms with van der Waals surface area (Å²) >= 11 is 0. The predicted molar refractivity (Wildman–Crippen MR) is 104 cm³/mol. The van der Waals surface area contributed by atoms with Crippen LogP contribution in [0.1, 0.15) is 30.9 Å². The Kier molecular flexibility index (Phi) is 6.30. The Labute approximate surface area is 156 Å². The fourth-order valence-corrected chi connectivity index (χ4v) is 3.59. The molecule has 2 aromatic carbocycles. The average molecular weight is 355 g/mol. The van der Waals surface area contributed by atoms with Gasteiger partial charge < -0.3 is 14.6 Å². The van der Waals surface area contributed by atoms with Gasteiger partial charge in [0.05, 0.1) is 25.4 Å². The smallest absolute Gasteiger partial charge is 0.119 e. The minimum atomic E-state index is -0.982. The van der Waals surface area contributed by atoms with Crippen LogP contribution in [-0.4, -0.2) is 49.5 Å². The zero-order valence-electron chi connectivity index (χ0n) is 15.7. The van der Waals surface area contributed by atoms with E-state index in [0.29, 0.717) is 6.61 Å². The number of rotatable bonds is 7. The van der Waals surface area contributed by atoms with Crippen molar-refractivity contribution in [1.82, 2.24) is 4.90 Å². The lowest BCUT2D eigenvalue weighted by Crippen LogP contribution is -2.43. The summed E-state index contributed by atoms with van der Waals surface area (Å²) in [5.74, 6) is 0.802. The maximum absolute atomic E-state index is 11.6. The maximum atomic E-state index is 11.6. The van der Waals surface area contributed by atoms with Crippen molar-refractivity contribution >= 4 is 0 Å². The van der Waals surface area contributed by atoms with Crippen molar-refractivity contribution in [3.63, 3.8) is 0 Å². The highest BCUT2D eigenvalue weighted by Crippen LogP contribution is 2.38. The highest BCUT2D eigenvalue weighted by Gasteiger charge is 2.36. The molecule has 1 heterocycles. The minimum Gasteiger partial charge on any atom is -0.494 e. The Morgan fingerprint density at radius 1 is 1.08 bits per heavy atom. The molecule has 0 spiro atoms. The highest BCUT2D eigenvalue weighted by molar-refractivity contribution is 5.35. The van der Waals surface area contributed by atoms with Crippen molar-refractivity contribution < 1.29 is 14.6 Å². The van der Waals surface area contributed by atoms with Crippen LogP contribution in [0.5, 0.6) is 5.75 Å². The van der Waals surface area contributed by atoms with E-state index in [1.807, 2.05) is 56.3 Å². The lowest BCUT2D eigenvalue weighted by molar-refractivity contribution is -0.0107. The molecule has 4 nitrogen and oxygen atoms in total. The fraction of sp³-hybridized carbons (Fsp3) is 0.455. The monoisotopic (exact) mass is 355 g/mol. The highest BCUT2D eigenvalue weighted by atomic mass is 16.5. The van der Waals surface area contributed by atoms with Crippen molar-refractivity contribution in [3.05, 3.63) is 65.7 Å². The molecular formula is C22H29NO3. The van der Waals surface area contributed by atoms with Gasteiger partial charge in [0.25, 0.3) is 0 Å². The summed E-state index contributed by atoms with van der Waals surface area (Å²) in [5, 5.41) is 11.6. The van der Waals surface area contributed by atoms with Crippen molar-refractivity contribution in [2.45, 2.75) is 25.4 Å². The van der Waals surface area contributed by atoms with E-state index in [1.54, 1.807) is 0 Å². The van der Waals surface area contributed by atoms with E-state index in [0.717, 1.165) is 49.7 Å². The van der Waals surface area contributed by atoms with E-state index in [2.05, 4.69) is 17.0 Å². The molecule has 0 bridgehead atoms.